The zero-order valence-corrected chi connectivity index (χ0v) is 13.5. The molecule has 23 heavy (non-hydrogen) atoms. The molecule has 2 aromatic rings. The molecule has 1 heterocycles. The van der Waals surface area contributed by atoms with Gasteiger partial charge in [0.15, 0.2) is 0 Å². The van der Waals surface area contributed by atoms with Gasteiger partial charge in [-0.25, -0.2) is 8.42 Å². The molecule has 122 valence electrons. The molecular weight excluding hydrogens is 316 g/mol. The average molecular weight is 334 g/mol. The van der Waals surface area contributed by atoms with Crippen LogP contribution in [0.1, 0.15) is 25.7 Å². The van der Waals surface area contributed by atoms with E-state index in [-0.39, 0.29) is 10.6 Å². The van der Waals surface area contributed by atoms with Gasteiger partial charge in [0.25, 0.3) is 5.69 Å². The third kappa shape index (κ3) is 2.94. The van der Waals surface area contributed by atoms with Crippen LogP contribution in [0.15, 0.2) is 41.3 Å². The van der Waals surface area contributed by atoms with Crippen molar-refractivity contribution in [1.29, 1.82) is 0 Å². The number of fused-ring (bicyclic) bond motifs is 1. The van der Waals surface area contributed by atoms with Crippen molar-refractivity contribution >= 4 is 26.5 Å². The van der Waals surface area contributed by atoms with Crippen molar-refractivity contribution < 1.29 is 13.3 Å². The lowest BCUT2D eigenvalue weighted by atomic mass is 10.1. The fourth-order valence-electron chi connectivity index (χ4n) is 3.07. The molecule has 2 aromatic carbocycles. The quantitative estimate of drug-likeness (QED) is 0.637. The largest absolute Gasteiger partial charge is 0.277 e. The lowest BCUT2D eigenvalue weighted by Crippen LogP contribution is -2.32. The van der Waals surface area contributed by atoms with Gasteiger partial charge in [0.2, 0.25) is 10.0 Å². The van der Waals surface area contributed by atoms with Gasteiger partial charge in [-0.15, -0.1) is 0 Å². The summed E-state index contributed by atoms with van der Waals surface area (Å²) >= 11 is 0. The van der Waals surface area contributed by atoms with Gasteiger partial charge >= 0.3 is 0 Å². The number of nitro benzene ring substituents is 1. The summed E-state index contributed by atoms with van der Waals surface area (Å²) in [5.41, 5.74) is -0.0737. The van der Waals surface area contributed by atoms with Crippen molar-refractivity contribution in [2.45, 2.75) is 30.6 Å². The summed E-state index contributed by atoms with van der Waals surface area (Å²) < 4.78 is 27.5. The molecule has 1 aliphatic heterocycles. The number of rotatable bonds is 3. The van der Waals surface area contributed by atoms with E-state index < -0.39 is 14.9 Å². The second kappa shape index (κ2) is 6.25. The summed E-state index contributed by atoms with van der Waals surface area (Å²) in [6.45, 7) is 1.02. The number of nitro groups is 1. The Balaban J connectivity index is 2.16. The standard InChI is InChI=1S/C16H18N2O4S/c19-18(20)15-9-5-8-14-13(15)7-6-10-16(14)23(21,22)17-11-3-1-2-4-12-17/h5-10H,1-4,11-12H2. The number of hydrogen-bond acceptors (Lipinski definition) is 4. The number of hydrogen-bond donors (Lipinski definition) is 0. The molecule has 0 atom stereocenters. The van der Waals surface area contributed by atoms with Crippen molar-refractivity contribution in [2.75, 3.05) is 13.1 Å². The minimum absolute atomic E-state index is 0.0737. The minimum Gasteiger partial charge on any atom is -0.258 e. The van der Waals surface area contributed by atoms with Gasteiger partial charge in [-0.05, 0) is 25.0 Å². The number of sulfonamides is 1. The van der Waals surface area contributed by atoms with Crippen LogP contribution in [0.3, 0.4) is 0 Å². The molecular formula is C16H18N2O4S. The summed E-state index contributed by atoms with van der Waals surface area (Å²) in [7, 11) is -3.64. The van der Waals surface area contributed by atoms with E-state index in [4.69, 9.17) is 0 Å². The van der Waals surface area contributed by atoms with Crippen LogP contribution >= 0.6 is 0 Å². The Morgan fingerprint density at radius 2 is 1.52 bits per heavy atom. The minimum atomic E-state index is -3.64. The Kier molecular flexibility index (Phi) is 4.32. The van der Waals surface area contributed by atoms with E-state index in [2.05, 4.69) is 0 Å². The van der Waals surface area contributed by atoms with Gasteiger partial charge < -0.3 is 0 Å². The Hall–Kier alpha value is -1.99. The van der Waals surface area contributed by atoms with Crippen molar-refractivity contribution in [2.24, 2.45) is 0 Å². The van der Waals surface area contributed by atoms with Gasteiger partial charge in [-0.1, -0.05) is 31.0 Å². The SMILES string of the molecule is O=[N+]([O-])c1cccc2c(S(=O)(=O)N3CCCCCC3)cccc12. The second-order valence-electron chi connectivity index (χ2n) is 5.70. The van der Waals surface area contributed by atoms with Crippen molar-refractivity contribution in [3.05, 3.63) is 46.5 Å². The van der Waals surface area contributed by atoms with Crippen LogP contribution in [0, 0.1) is 10.1 Å². The molecule has 0 saturated carbocycles. The van der Waals surface area contributed by atoms with Crippen molar-refractivity contribution in [3.8, 4) is 0 Å². The highest BCUT2D eigenvalue weighted by molar-refractivity contribution is 7.89. The zero-order chi connectivity index (χ0) is 16.4. The topological polar surface area (TPSA) is 80.5 Å². The van der Waals surface area contributed by atoms with Crippen LogP contribution in [0.25, 0.3) is 10.8 Å². The maximum absolute atomic E-state index is 13.0. The Bertz CT molecular complexity index is 840. The second-order valence-corrected chi connectivity index (χ2v) is 7.61. The van der Waals surface area contributed by atoms with Crippen LogP contribution in [0.4, 0.5) is 5.69 Å². The molecule has 0 aromatic heterocycles. The van der Waals surface area contributed by atoms with E-state index in [1.165, 1.54) is 22.5 Å². The summed E-state index contributed by atoms with van der Waals surface area (Å²) in [5.74, 6) is 0. The van der Waals surface area contributed by atoms with E-state index in [1.807, 2.05) is 0 Å². The summed E-state index contributed by atoms with van der Waals surface area (Å²) in [4.78, 5) is 10.8. The molecule has 6 nitrogen and oxygen atoms in total. The first-order chi connectivity index (χ1) is 11.0. The summed E-state index contributed by atoms with van der Waals surface area (Å²) in [6, 6.07) is 9.25. The monoisotopic (exact) mass is 334 g/mol. The van der Waals surface area contributed by atoms with Gasteiger partial charge in [-0.2, -0.15) is 4.31 Å². The van der Waals surface area contributed by atoms with Crippen LogP contribution in [-0.2, 0) is 10.0 Å². The Morgan fingerprint density at radius 1 is 0.913 bits per heavy atom. The summed E-state index contributed by atoms with van der Waals surface area (Å²) in [5, 5.41) is 11.9. The first-order valence-electron chi connectivity index (χ1n) is 7.68. The van der Waals surface area contributed by atoms with Gasteiger partial charge in [0, 0.05) is 24.5 Å². The Morgan fingerprint density at radius 3 is 2.17 bits per heavy atom. The zero-order valence-electron chi connectivity index (χ0n) is 12.6. The highest BCUT2D eigenvalue weighted by Gasteiger charge is 2.27. The fraction of sp³-hybridized carbons (Fsp3) is 0.375. The van der Waals surface area contributed by atoms with Crippen LogP contribution in [0.2, 0.25) is 0 Å². The molecule has 0 aliphatic carbocycles. The number of nitrogens with zero attached hydrogens (tertiary/aromatic N) is 2. The van der Waals surface area contributed by atoms with E-state index in [1.54, 1.807) is 18.2 Å². The third-order valence-electron chi connectivity index (χ3n) is 4.24. The van der Waals surface area contributed by atoms with E-state index >= 15 is 0 Å². The van der Waals surface area contributed by atoms with Crippen LogP contribution < -0.4 is 0 Å². The van der Waals surface area contributed by atoms with Crippen LogP contribution in [-0.4, -0.2) is 30.7 Å². The molecule has 1 fully saturated rings. The van der Waals surface area contributed by atoms with Gasteiger partial charge in [-0.3, -0.25) is 10.1 Å². The predicted octanol–water partition coefficient (Wildman–Crippen LogP) is 3.31. The highest BCUT2D eigenvalue weighted by atomic mass is 32.2. The molecule has 1 aliphatic rings. The molecule has 0 N–H and O–H groups in total. The van der Waals surface area contributed by atoms with E-state index in [9.17, 15) is 18.5 Å². The van der Waals surface area contributed by atoms with Crippen molar-refractivity contribution in [1.82, 2.24) is 4.31 Å². The van der Waals surface area contributed by atoms with Crippen LogP contribution in [0.5, 0.6) is 0 Å². The third-order valence-corrected chi connectivity index (χ3v) is 6.20. The maximum Gasteiger partial charge on any atom is 0.277 e. The first kappa shape index (κ1) is 15.9. The van der Waals surface area contributed by atoms with Crippen molar-refractivity contribution in [3.63, 3.8) is 0 Å². The lowest BCUT2D eigenvalue weighted by Gasteiger charge is -2.20. The number of non-ortho nitro benzene ring substituents is 1. The molecule has 0 spiro atoms. The van der Waals surface area contributed by atoms with Gasteiger partial charge in [0.1, 0.15) is 0 Å². The average Bonchev–Trinajstić information content (AvgIpc) is 2.83. The van der Waals surface area contributed by atoms with E-state index in [0.717, 1.165) is 25.7 Å². The summed E-state index contributed by atoms with van der Waals surface area (Å²) in [6.07, 6.45) is 3.77. The van der Waals surface area contributed by atoms with Gasteiger partial charge in [0.05, 0.1) is 15.2 Å². The predicted molar refractivity (Wildman–Crippen MR) is 87.8 cm³/mol. The molecule has 0 radical (unpaired) electrons. The molecule has 1 saturated heterocycles. The first-order valence-corrected chi connectivity index (χ1v) is 9.12. The number of benzene rings is 2. The normalized spacial score (nSPS) is 17.0. The highest BCUT2D eigenvalue weighted by Crippen LogP contribution is 2.32. The maximum atomic E-state index is 13.0. The fourth-order valence-corrected chi connectivity index (χ4v) is 4.79. The van der Waals surface area contributed by atoms with E-state index in [0.29, 0.717) is 23.9 Å². The molecule has 0 amide bonds. The molecule has 0 bridgehead atoms. The molecule has 7 heteroatoms. The molecule has 3 rings (SSSR count). The lowest BCUT2D eigenvalue weighted by molar-refractivity contribution is -0.383. The smallest absolute Gasteiger partial charge is 0.258 e. The Labute approximate surface area is 134 Å². The molecule has 0 unspecified atom stereocenters.